The average Bonchev–Trinajstić information content (AvgIpc) is 1.96. The molecule has 0 aromatic carbocycles. The molecule has 0 aromatic heterocycles. The van der Waals surface area contributed by atoms with Gasteiger partial charge in [-0.1, -0.05) is 0 Å². The van der Waals surface area contributed by atoms with Crippen LogP contribution in [0.1, 0.15) is 12.8 Å². The highest BCUT2D eigenvalue weighted by molar-refractivity contribution is 8.32. The Kier molecular flexibility index (Phi) is 6.52. The zero-order valence-electron chi connectivity index (χ0n) is 11.1. The minimum absolute atomic E-state index is 0.232. The molecule has 0 aromatic rings. The molecular weight excluding hydrogens is 280 g/mol. The maximum atomic E-state index is 11.0. The summed E-state index contributed by atoms with van der Waals surface area (Å²) in [6.07, 6.45) is 8.13. The van der Waals surface area contributed by atoms with E-state index in [-0.39, 0.29) is 11.5 Å². The fraction of sp³-hybridized carbons (Fsp3) is 1.00. The van der Waals surface area contributed by atoms with Gasteiger partial charge in [0.2, 0.25) is 0 Å². The Balaban J connectivity index is 3.96. The topological polar surface area (TPSA) is 68.3 Å². The van der Waals surface area contributed by atoms with Crippen molar-refractivity contribution in [3.05, 3.63) is 0 Å². The van der Waals surface area contributed by atoms with Gasteiger partial charge in [-0.25, -0.2) is 26.9 Å². The van der Waals surface area contributed by atoms with Crippen LogP contribution in [-0.2, 0) is 19.7 Å². The number of rotatable bonds is 8. The van der Waals surface area contributed by atoms with Gasteiger partial charge in [-0.05, 0) is 36.9 Å². The molecule has 0 heterocycles. The highest BCUT2D eigenvalue weighted by atomic mass is 32.3. The molecule has 0 aliphatic carbocycles. The molecule has 0 fully saturated rings. The summed E-state index contributed by atoms with van der Waals surface area (Å²) in [6, 6.07) is 0. The molecule has 0 bridgehead atoms. The fourth-order valence-corrected chi connectivity index (χ4v) is 5.28. The normalized spacial score (nSPS) is 14.8. The van der Waals surface area contributed by atoms with Gasteiger partial charge in [-0.15, -0.1) is 0 Å². The van der Waals surface area contributed by atoms with Gasteiger partial charge in [-0.3, -0.25) is 0 Å². The first kappa shape index (κ1) is 17.2. The first-order valence-electron chi connectivity index (χ1n) is 5.45. The lowest BCUT2D eigenvalue weighted by atomic mass is 10.6. The average molecular weight is 304 g/mol. The molecule has 0 saturated heterocycles. The van der Waals surface area contributed by atoms with Crippen LogP contribution in [0.4, 0.5) is 0 Å². The van der Waals surface area contributed by atoms with Gasteiger partial charge in [0.05, 0.1) is 11.5 Å². The van der Waals surface area contributed by atoms with E-state index in [9.17, 15) is 16.8 Å². The summed E-state index contributed by atoms with van der Waals surface area (Å²) in [7, 11) is -6.60. The highest BCUT2D eigenvalue weighted by Gasteiger charge is 2.14. The summed E-state index contributed by atoms with van der Waals surface area (Å²) in [6.45, 7) is 0. The lowest BCUT2D eigenvalue weighted by Crippen LogP contribution is -2.13. The summed E-state index contributed by atoms with van der Waals surface area (Å²) in [5.74, 6) is 2.25. The minimum Gasteiger partial charge on any atom is -0.247 e. The summed E-state index contributed by atoms with van der Waals surface area (Å²) >= 11 is 0. The smallest absolute Gasteiger partial charge is 0.147 e. The molecule has 106 valence electrons. The molecule has 0 saturated carbocycles. The Morgan fingerprint density at radius 1 is 0.588 bits per heavy atom. The first-order chi connectivity index (χ1) is 7.41. The zero-order valence-corrected chi connectivity index (χ0v) is 13.5. The first-order valence-corrected chi connectivity index (χ1v) is 12.4. The van der Waals surface area contributed by atoms with Gasteiger partial charge < -0.3 is 0 Å². The summed E-state index contributed by atoms with van der Waals surface area (Å²) in [5.41, 5.74) is 0. The Bertz CT molecular complexity index is 380. The molecule has 0 rings (SSSR count). The van der Waals surface area contributed by atoms with E-state index in [2.05, 4.69) is 12.5 Å². The third kappa shape index (κ3) is 12.5. The van der Waals surface area contributed by atoms with Gasteiger partial charge in [0.25, 0.3) is 0 Å². The second-order valence-electron chi connectivity index (χ2n) is 5.14. The molecule has 0 amide bonds. The number of hydrogen-bond acceptors (Lipinski definition) is 4. The van der Waals surface area contributed by atoms with E-state index in [1.165, 1.54) is 12.5 Å². The summed E-state index contributed by atoms with van der Waals surface area (Å²) < 4.78 is 44.0. The van der Waals surface area contributed by atoms with Crippen LogP contribution in [0.5, 0.6) is 0 Å². The third-order valence-corrected chi connectivity index (χ3v) is 7.27. The van der Waals surface area contributed by atoms with Crippen molar-refractivity contribution in [1.82, 2.24) is 0 Å². The molecule has 0 N–H and O–H groups in total. The molecule has 0 aliphatic rings. The lowest BCUT2D eigenvalue weighted by Gasteiger charge is -2.31. The van der Waals surface area contributed by atoms with Crippen LogP contribution in [0.25, 0.3) is 0 Å². The molecular formula is C10H24O4S3. The van der Waals surface area contributed by atoms with Crippen LogP contribution >= 0.6 is 10.0 Å². The lowest BCUT2D eigenvalue weighted by molar-refractivity contribution is 0.599. The van der Waals surface area contributed by atoms with Crippen LogP contribution in [-0.4, -0.2) is 64.9 Å². The molecule has 17 heavy (non-hydrogen) atoms. The monoisotopic (exact) mass is 304 g/mol. The van der Waals surface area contributed by atoms with Gasteiger partial charge in [0.1, 0.15) is 19.7 Å². The van der Waals surface area contributed by atoms with Crippen LogP contribution in [0.15, 0.2) is 0 Å². The maximum Gasteiger partial charge on any atom is 0.147 e. The van der Waals surface area contributed by atoms with Crippen molar-refractivity contribution in [2.24, 2.45) is 0 Å². The Morgan fingerprint density at radius 2 is 0.882 bits per heavy atom. The van der Waals surface area contributed by atoms with Crippen molar-refractivity contribution in [3.63, 3.8) is 0 Å². The Hall–Kier alpha value is 0.250. The van der Waals surface area contributed by atoms with Gasteiger partial charge in [-0.2, -0.15) is 0 Å². The summed E-state index contributed by atoms with van der Waals surface area (Å²) in [4.78, 5) is 0. The van der Waals surface area contributed by atoms with E-state index in [1.807, 2.05) is 0 Å². The van der Waals surface area contributed by atoms with Crippen LogP contribution in [0.3, 0.4) is 0 Å². The fourth-order valence-electron chi connectivity index (χ4n) is 1.53. The second kappa shape index (κ2) is 6.43. The largest absolute Gasteiger partial charge is 0.247 e. The summed E-state index contributed by atoms with van der Waals surface area (Å²) in [5, 5.41) is 0. The zero-order chi connectivity index (χ0) is 13.7. The standard InChI is InChI=1S/C10H24O4S3/c1-15(2,7-5-9-16(3,11)12)8-6-10-17(4,13)14/h5-10H2,1-4H3. The molecule has 7 heteroatoms. The second-order valence-corrected chi connectivity index (χ2v) is 14.0. The Morgan fingerprint density at radius 3 is 1.12 bits per heavy atom. The van der Waals surface area contributed by atoms with Crippen molar-refractivity contribution < 1.29 is 16.8 Å². The van der Waals surface area contributed by atoms with Crippen molar-refractivity contribution in [1.29, 1.82) is 0 Å². The maximum absolute atomic E-state index is 11.0. The van der Waals surface area contributed by atoms with Crippen molar-refractivity contribution in [2.75, 3.05) is 48.0 Å². The molecule has 0 atom stereocenters. The van der Waals surface area contributed by atoms with E-state index >= 15 is 0 Å². The Labute approximate surface area is 107 Å². The van der Waals surface area contributed by atoms with Crippen molar-refractivity contribution in [3.8, 4) is 0 Å². The van der Waals surface area contributed by atoms with Crippen molar-refractivity contribution in [2.45, 2.75) is 12.8 Å². The quantitative estimate of drug-likeness (QED) is 0.669. The molecule has 0 aliphatic heterocycles. The van der Waals surface area contributed by atoms with Crippen LogP contribution in [0.2, 0.25) is 0 Å². The van der Waals surface area contributed by atoms with E-state index in [0.717, 1.165) is 11.5 Å². The van der Waals surface area contributed by atoms with E-state index < -0.39 is 29.7 Å². The number of sulfone groups is 2. The third-order valence-electron chi connectivity index (χ3n) is 2.42. The predicted octanol–water partition coefficient (Wildman–Crippen LogP) is 0.920. The number of hydrogen-bond donors (Lipinski definition) is 0. The minimum atomic E-state index is -2.87. The molecule has 0 unspecified atom stereocenters. The van der Waals surface area contributed by atoms with Gasteiger partial charge in [0.15, 0.2) is 0 Å². The SMILES string of the molecule is CS(C)(CCCS(C)(=O)=O)CCCS(C)(=O)=O. The van der Waals surface area contributed by atoms with E-state index in [1.54, 1.807) is 0 Å². The van der Waals surface area contributed by atoms with Gasteiger partial charge in [0, 0.05) is 12.5 Å². The highest BCUT2D eigenvalue weighted by Crippen LogP contribution is 2.40. The van der Waals surface area contributed by atoms with Crippen LogP contribution < -0.4 is 0 Å². The predicted molar refractivity (Wildman–Crippen MR) is 77.8 cm³/mol. The molecule has 0 spiro atoms. The van der Waals surface area contributed by atoms with Gasteiger partial charge >= 0.3 is 0 Å². The van der Waals surface area contributed by atoms with Crippen LogP contribution in [0, 0.1) is 0 Å². The van der Waals surface area contributed by atoms with Crippen molar-refractivity contribution >= 4 is 29.7 Å². The van der Waals surface area contributed by atoms with E-state index in [0.29, 0.717) is 12.8 Å². The molecule has 4 nitrogen and oxygen atoms in total. The van der Waals surface area contributed by atoms with E-state index in [4.69, 9.17) is 0 Å². The molecule has 0 radical (unpaired) electrons.